The number of amides is 2. The van der Waals surface area contributed by atoms with Crippen LogP contribution in [0.5, 0.6) is 0 Å². The summed E-state index contributed by atoms with van der Waals surface area (Å²) < 4.78 is 3.16. The van der Waals surface area contributed by atoms with Crippen LogP contribution in [0.25, 0.3) is 0 Å². The summed E-state index contributed by atoms with van der Waals surface area (Å²) in [6.45, 7) is 2.93. The number of hydrogen-bond acceptors (Lipinski definition) is 1. The van der Waals surface area contributed by atoms with Gasteiger partial charge in [0.15, 0.2) is 0 Å². The van der Waals surface area contributed by atoms with E-state index in [1.54, 1.807) is 0 Å². The van der Waals surface area contributed by atoms with Crippen LogP contribution >= 0.6 is 0 Å². The number of benzene rings is 1. The monoisotopic (exact) mass is 256 g/mol. The zero-order valence-electron chi connectivity index (χ0n) is 7.99. The molecule has 14 heavy (non-hydrogen) atoms. The van der Waals surface area contributed by atoms with E-state index < -0.39 is 0 Å². The van der Waals surface area contributed by atoms with Crippen molar-refractivity contribution in [3.05, 3.63) is 24.3 Å². The topological polar surface area (TPSA) is 32.3 Å². The molecule has 1 aromatic carbocycles. The predicted octanol–water partition coefficient (Wildman–Crippen LogP) is 1.19. The molecule has 2 amide bonds. The molecule has 0 radical (unpaired) electrons. The van der Waals surface area contributed by atoms with E-state index >= 15 is 0 Å². The zero-order valence-corrected chi connectivity index (χ0v) is 9.70. The summed E-state index contributed by atoms with van der Waals surface area (Å²) in [5.41, 5.74) is 0.977. The van der Waals surface area contributed by atoms with Crippen LogP contribution in [0.2, 0.25) is 0 Å². The molecule has 1 aliphatic rings. The third-order valence-electron chi connectivity index (χ3n) is 1.99. The molecule has 1 aromatic rings. The Morgan fingerprint density at radius 1 is 1.43 bits per heavy atom. The third kappa shape index (κ3) is 1.76. The van der Waals surface area contributed by atoms with Crippen LogP contribution in [-0.2, 0) is 0 Å². The van der Waals surface area contributed by atoms with Gasteiger partial charge in [0, 0.05) is 0 Å². The number of rotatable bonds is 2. The molecular weight excluding hydrogens is 243 g/mol. The molecule has 0 atom stereocenters. The Balaban J connectivity index is 2.22. The average Bonchev–Trinajstić information content (AvgIpc) is 2.19. The minimum atomic E-state index is 0.0468. The van der Waals surface area contributed by atoms with Gasteiger partial charge in [0.25, 0.3) is 0 Å². The Morgan fingerprint density at radius 2 is 2.21 bits per heavy atom. The van der Waals surface area contributed by atoms with Crippen molar-refractivity contribution in [3.63, 3.8) is 0 Å². The molecule has 1 aliphatic heterocycles. The van der Waals surface area contributed by atoms with E-state index in [-0.39, 0.29) is 21.2 Å². The number of hydrogen-bond donors (Lipinski definition) is 1. The number of carbonyl (C=O) groups is 1. The summed E-state index contributed by atoms with van der Waals surface area (Å²) in [7, 11) is 0. The van der Waals surface area contributed by atoms with Crippen LogP contribution in [0, 0.1) is 0 Å². The molecule has 0 saturated heterocycles. The molecular formula is C10H12N2OSe. The molecule has 1 N–H and O–H groups in total. The van der Waals surface area contributed by atoms with Gasteiger partial charge in [-0.2, -0.15) is 0 Å². The first-order valence-corrected chi connectivity index (χ1v) is 6.29. The molecule has 0 aromatic heterocycles. The summed E-state index contributed by atoms with van der Waals surface area (Å²) in [6, 6.07) is 8.05. The molecule has 2 rings (SSSR count). The number of anilines is 1. The van der Waals surface area contributed by atoms with Gasteiger partial charge in [-0.25, -0.2) is 0 Å². The van der Waals surface area contributed by atoms with Gasteiger partial charge in [-0.05, 0) is 0 Å². The average molecular weight is 255 g/mol. The first-order valence-electron chi connectivity index (χ1n) is 4.67. The fourth-order valence-electron chi connectivity index (χ4n) is 1.34. The number of urea groups is 1. The van der Waals surface area contributed by atoms with Crippen LogP contribution in [0.3, 0.4) is 0 Å². The van der Waals surface area contributed by atoms with Crippen LogP contribution in [0.1, 0.15) is 13.3 Å². The van der Waals surface area contributed by atoms with Gasteiger partial charge >= 0.3 is 89.5 Å². The van der Waals surface area contributed by atoms with Crippen molar-refractivity contribution >= 4 is 31.4 Å². The predicted molar refractivity (Wildman–Crippen MR) is 57.8 cm³/mol. The second-order valence-electron chi connectivity index (χ2n) is 3.12. The quantitative estimate of drug-likeness (QED) is 0.791. The fraction of sp³-hybridized carbons (Fsp3) is 0.300. The maximum atomic E-state index is 11.6. The first kappa shape index (κ1) is 9.56. The van der Waals surface area contributed by atoms with E-state index in [1.165, 1.54) is 4.46 Å². The molecule has 4 heteroatoms. The van der Waals surface area contributed by atoms with Gasteiger partial charge in [0.05, 0.1) is 0 Å². The van der Waals surface area contributed by atoms with Crippen molar-refractivity contribution in [1.82, 2.24) is 3.92 Å². The van der Waals surface area contributed by atoms with Crippen molar-refractivity contribution < 1.29 is 4.79 Å². The van der Waals surface area contributed by atoms with Gasteiger partial charge in [-0.3, -0.25) is 0 Å². The van der Waals surface area contributed by atoms with Crippen LogP contribution in [0.15, 0.2) is 24.3 Å². The van der Waals surface area contributed by atoms with Gasteiger partial charge < -0.3 is 0 Å². The Bertz CT molecular complexity index is 354. The Hall–Kier alpha value is -0.991. The van der Waals surface area contributed by atoms with Crippen molar-refractivity contribution in [2.75, 3.05) is 11.9 Å². The third-order valence-corrected chi connectivity index (χ3v) is 4.34. The number of nitrogens with zero attached hydrogens (tertiary/aromatic N) is 1. The SMILES string of the molecule is CCCN1[Se]c2ccccc2NC1=O. The van der Waals surface area contributed by atoms with E-state index in [2.05, 4.69) is 18.3 Å². The minimum absolute atomic E-state index is 0.0468. The molecule has 0 fully saturated rings. The Kier molecular flexibility index (Phi) is 2.75. The van der Waals surface area contributed by atoms with E-state index in [1.807, 2.05) is 22.1 Å². The van der Waals surface area contributed by atoms with Crippen molar-refractivity contribution in [2.24, 2.45) is 0 Å². The van der Waals surface area contributed by atoms with Gasteiger partial charge in [-0.1, -0.05) is 0 Å². The van der Waals surface area contributed by atoms with Crippen molar-refractivity contribution in [1.29, 1.82) is 0 Å². The van der Waals surface area contributed by atoms with E-state index in [9.17, 15) is 4.79 Å². The molecule has 0 unspecified atom stereocenters. The Morgan fingerprint density at radius 3 is 3.00 bits per heavy atom. The molecule has 3 nitrogen and oxygen atoms in total. The van der Waals surface area contributed by atoms with Gasteiger partial charge in [0.1, 0.15) is 0 Å². The fourth-order valence-corrected chi connectivity index (χ4v) is 3.43. The van der Waals surface area contributed by atoms with Gasteiger partial charge in [-0.15, -0.1) is 0 Å². The van der Waals surface area contributed by atoms with Crippen LogP contribution in [-0.4, -0.2) is 31.7 Å². The van der Waals surface area contributed by atoms with Gasteiger partial charge in [0.2, 0.25) is 0 Å². The first-order chi connectivity index (χ1) is 6.81. The van der Waals surface area contributed by atoms with Crippen molar-refractivity contribution in [2.45, 2.75) is 13.3 Å². The number of carbonyl (C=O) groups excluding carboxylic acids is 1. The summed E-state index contributed by atoms with van der Waals surface area (Å²) >= 11 is 0.148. The normalized spacial score (nSPS) is 14.9. The number of para-hydroxylation sites is 1. The number of nitrogens with one attached hydrogen (secondary N) is 1. The molecule has 0 aliphatic carbocycles. The van der Waals surface area contributed by atoms with Crippen molar-refractivity contribution in [3.8, 4) is 0 Å². The summed E-state index contributed by atoms with van der Waals surface area (Å²) in [5.74, 6) is 0. The standard InChI is InChI=1S/C10H12N2OSe/c1-2-7-12-10(13)11-8-5-3-4-6-9(8)14-12/h3-6H,2,7H2,1H3,(H,11,13). The maximum absolute atomic E-state index is 11.6. The van der Waals surface area contributed by atoms with E-state index in [0.29, 0.717) is 0 Å². The molecule has 1 heterocycles. The molecule has 0 bridgehead atoms. The number of fused-ring (bicyclic) bond motifs is 1. The molecule has 0 spiro atoms. The summed E-state index contributed by atoms with van der Waals surface area (Å²) in [4.78, 5) is 11.6. The van der Waals surface area contributed by atoms with E-state index in [0.717, 1.165) is 18.7 Å². The molecule has 74 valence electrons. The zero-order chi connectivity index (χ0) is 9.97. The van der Waals surface area contributed by atoms with E-state index in [4.69, 9.17) is 0 Å². The van der Waals surface area contributed by atoms with Crippen LogP contribution in [0.4, 0.5) is 10.5 Å². The molecule has 0 saturated carbocycles. The second-order valence-corrected chi connectivity index (χ2v) is 5.35. The second kappa shape index (κ2) is 4.03. The summed E-state index contributed by atoms with van der Waals surface area (Å²) in [5, 5.41) is 2.90. The van der Waals surface area contributed by atoms with Crippen LogP contribution < -0.4 is 9.78 Å². The summed E-state index contributed by atoms with van der Waals surface area (Å²) in [6.07, 6.45) is 1.01. The Labute approximate surface area is 89.8 Å².